The number of nitrogens with zero attached hydrogens (tertiary/aromatic N) is 1. The molecule has 18 heavy (non-hydrogen) atoms. The number of pyridine rings is 1. The number of rotatable bonds is 4. The molecule has 1 aromatic carbocycles. The molecule has 0 spiro atoms. The molecule has 0 unspecified atom stereocenters. The molecular weight excluding hydrogens is 256 g/mol. The van der Waals surface area contributed by atoms with Crippen LogP contribution in [0.2, 0.25) is 0 Å². The monoisotopic (exact) mass is 267 g/mol. The van der Waals surface area contributed by atoms with Crippen LogP contribution >= 0.6 is 11.8 Å². The second kappa shape index (κ2) is 5.79. The smallest absolute Gasteiger partial charge is 0.136 e. The lowest BCUT2D eigenvalue weighted by Crippen LogP contribution is -2.07. The molecule has 0 saturated carbocycles. The molecule has 0 saturated heterocycles. The first kappa shape index (κ1) is 12.8. The lowest BCUT2D eigenvalue weighted by molar-refractivity contribution is 0.577. The summed E-state index contributed by atoms with van der Waals surface area (Å²) >= 11 is 1.19. The molecular formula is C12H11F2N3S. The van der Waals surface area contributed by atoms with Gasteiger partial charge >= 0.3 is 0 Å². The summed E-state index contributed by atoms with van der Waals surface area (Å²) < 4.78 is 26.3. The second-order valence-corrected chi connectivity index (χ2v) is 4.56. The molecule has 94 valence electrons. The van der Waals surface area contributed by atoms with Crippen LogP contribution in [0.25, 0.3) is 0 Å². The summed E-state index contributed by atoms with van der Waals surface area (Å²) in [4.78, 5) is 4.39. The number of nitrogen functional groups attached to an aromatic ring is 1. The van der Waals surface area contributed by atoms with E-state index in [0.717, 1.165) is 23.5 Å². The topological polar surface area (TPSA) is 50.9 Å². The number of nitrogens with two attached hydrogens (primary N) is 1. The SMILES string of the molecule is NNc1ccnc(CSc2cc(F)ccc2F)c1. The first-order valence-electron chi connectivity index (χ1n) is 5.18. The van der Waals surface area contributed by atoms with Crippen LogP contribution in [-0.4, -0.2) is 4.98 Å². The minimum absolute atomic E-state index is 0.267. The van der Waals surface area contributed by atoms with Gasteiger partial charge < -0.3 is 5.43 Å². The molecule has 0 bridgehead atoms. The molecule has 2 aromatic rings. The van der Waals surface area contributed by atoms with Crippen LogP contribution in [0.5, 0.6) is 0 Å². The molecule has 0 aliphatic rings. The molecule has 6 heteroatoms. The maximum atomic E-state index is 13.4. The third-order valence-electron chi connectivity index (χ3n) is 2.25. The fourth-order valence-electron chi connectivity index (χ4n) is 1.39. The zero-order valence-corrected chi connectivity index (χ0v) is 10.2. The van der Waals surface area contributed by atoms with Gasteiger partial charge in [-0.1, -0.05) is 0 Å². The van der Waals surface area contributed by atoms with E-state index in [4.69, 9.17) is 5.84 Å². The first-order valence-corrected chi connectivity index (χ1v) is 6.17. The Morgan fingerprint density at radius 2 is 2.06 bits per heavy atom. The first-order chi connectivity index (χ1) is 8.69. The fraction of sp³-hybridized carbons (Fsp3) is 0.0833. The van der Waals surface area contributed by atoms with Crippen molar-refractivity contribution >= 4 is 17.4 Å². The Bertz CT molecular complexity index is 549. The van der Waals surface area contributed by atoms with Gasteiger partial charge in [-0.2, -0.15) is 0 Å². The Kier molecular flexibility index (Phi) is 4.11. The van der Waals surface area contributed by atoms with Gasteiger partial charge in [0.25, 0.3) is 0 Å². The molecule has 3 nitrogen and oxygen atoms in total. The normalized spacial score (nSPS) is 10.4. The highest BCUT2D eigenvalue weighted by molar-refractivity contribution is 7.98. The highest BCUT2D eigenvalue weighted by atomic mass is 32.2. The van der Waals surface area contributed by atoms with E-state index in [1.54, 1.807) is 18.3 Å². The van der Waals surface area contributed by atoms with Crippen molar-refractivity contribution in [1.82, 2.24) is 4.98 Å². The molecule has 0 aliphatic carbocycles. The van der Waals surface area contributed by atoms with Crippen LogP contribution in [-0.2, 0) is 5.75 Å². The van der Waals surface area contributed by atoms with Crippen LogP contribution in [0.15, 0.2) is 41.4 Å². The molecule has 1 heterocycles. The predicted molar refractivity (Wildman–Crippen MR) is 68.0 cm³/mol. The van der Waals surface area contributed by atoms with E-state index in [2.05, 4.69) is 10.4 Å². The van der Waals surface area contributed by atoms with Gasteiger partial charge in [-0.05, 0) is 30.3 Å². The lowest BCUT2D eigenvalue weighted by atomic mass is 10.3. The van der Waals surface area contributed by atoms with Gasteiger partial charge in [-0.15, -0.1) is 11.8 Å². The van der Waals surface area contributed by atoms with Crippen molar-refractivity contribution in [3.8, 4) is 0 Å². The largest absolute Gasteiger partial charge is 0.324 e. The number of anilines is 1. The maximum Gasteiger partial charge on any atom is 0.136 e. The predicted octanol–water partition coefficient (Wildman–Crippen LogP) is 2.94. The van der Waals surface area contributed by atoms with E-state index in [1.807, 2.05) is 0 Å². The molecule has 2 rings (SSSR count). The third kappa shape index (κ3) is 3.18. The molecule has 3 N–H and O–H groups in total. The summed E-state index contributed by atoms with van der Waals surface area (Å²) in [6.45, 7) is 0. The van der Waals surface area contributed by atoms with Crippen molar-refractivity contribution in [2.75, 3.05) is 5.43 Å². The van der Waals surface area contributed by atoms with Gasteiger partial charge in [0.1, 0.15) is 11.6 Å². The minimum atomic E-state index is -0.454. The number of hydrogen-bond acceptors (Lipinski definition) is 4. The van der Waals surface area contributed by atoms with E-state index in [-0.39, 0.29) is 4.90 Å². The summed E-state index contributed by atoms with van der Waals surface area (Å²) in [7, 11) is 0. The number of benzene rings is 1. The number of halogens is 2. The average Bonchev–Trinajstić information content (AvgIpc) is 2.40. The van der Waals surface area contributed by atoms with Gasteiger partial charge in [0.05, 0.1) is 11.4 Å². The van der Waals surface area contributed by atoms with E-state index in [1.165, 1.54) is 17.8 Å². The summed E-state index contributed by atoms with van der Waals surface area (Å²) in [6, 6.07) is 6.85. The van der Waals surface area contributed by atoms with Gasteiger partial charge in [0, 0.05) is 16.8 Å². The Hall–Kier alpha value is -1.66. The number of hydrogen-bond donors (Lipinski definition) is 2. The maximum absolute atomic E-state index is 13.4. The number of thioether (sulfide) groups is 1. The zero-order valence-electron chi connectivity index (χ0n) is 9.36. The van der Waals surface area contributed by atoms with Crippen molar-refractivity contribution in [1.29, 1.82) is 0 Å². The number of aromatic nitrogens is 1. The van der Waals surface area contributed by atoms with Crippen LogP contribution < -0.4 is 11.3 Å². The van der Waals surface area contributed by atoms with Crippen LogP contribution in [0.3, 0.4) is 0 Å². The molecule has 0 atom stereocenters. The van der Waals surface area contributed by atoms with Gasteiger partial charge in [-0.3, -0.25) is 10.8 Å². The van der Waals surface area contributed by atoms with Crippen LogP contribution in [0.4, 0.5) is 14.5 Å². The standard InChI is InChI=1S/C12H11F2N3S/c13-8-1-2-11(14)12(5-8)18-7-10-6-9(17-15)3-4-16-10/h1-6H,7,15H2,(H,16,17). The highest BCUT2D eigenvalue weighted by Gasteiger charge is 2.05. The zero-order chi connectivity index (χ0) is 13.0. The van der Waals surface area contributed by atoms with Crippen LogP contribution in [0, 0.1) is 11.6 Å². The number of hydrazine groups is 1. The lowest BCUT2D eigenvalue weighted by Gasteiger charge is -2.05. The molecule has 0 fully saturated rings. The quantitative estimate of drug-likeness (QED) is 0.508. The molecule has 0 aliphatic heterocycles. The van der Waals surface area contributed by atoms with E-state index >= 15 is 0 Å². The average molecular weight is 267 g/mol. The van der Waals surface area contributed by atoms with E-state index in [0.29, 0.717) is 5.75 Å². The van der Waals surface area contributed by atoms with Gasteiger partial charge in [-0.25, -0.2) is 8.78 Å². The summed E-state index contributed by atoms with van der Waals surface area (Å²) in [5.41, 5.74) is 3.96. The molecule has 0 radical (unpaired) electrons. The fourth-order valence-corrected chi connectivity index (χ4v) is 2.25. The summed E-state index contributed by atoms with van der Waals surface area (Å²) in [5.74, 6) is 4.83. The van der Waals surface area contributed by atoms with Crippen molar-refractivity contribution < 1.29 is 8.78 Å². The van der Waals surface area contributed by atoms with Crippen LogP contribution in [0.1, 0.15) is 5.69 Å². The third-order valence-corrected chi connectivity index (χ3v) is 3.32. The van der Waals surface area contributed by atoms with Crippen molar-refractivity contribution in [2.24, 2.45) is 5.84 Å². The molecule has 1 aromatic heterocycles. The van der Waals surface area contributed by atoms with E-state index < -0.39 is 11.6 Å². The minimum Gasteiger partial charge on any atom is -0.324 e. The molecule has 0 amide bonds. The van der Waals surface area contributed by atoms with Gasteiger partial charge in [0.2, 0.25) is 0 Å². The van der Waals surface area contributed by atoms with Crippen molar-refractivity contribution in [3.63, 3.8) is 0 Å². The van der Waals surface area contributed by atoms with Gasteiger partial charge in [0.15, 0.2) is 0 Å². The van der Waals surface area contributed by atoms with E-state index in [9.17, 15) is 8.78 Å². The van der Waals surface area contributed by atoms with Crippen molar-refractivity contribution in [3.05, 3.63) is 53.9 Å². The highest BCUT2D eigenvalue weighted by Crippen LogP contribution is 2.26. The second-order valence-electron chi connectivity index (χ2n) is 3.54. The Morgan fingerprint density at radius 3 is 2.83 bits per heavy atom. The summed E-state index contributed by atoms with van der Waals surface area (Å²) in [5, 5.41) is 0. The Balaban J connectivity index is 2.08. The Labute approximate surface area is 107 Å². The number of nitrogens with one attached hydrogen (secondary N) is 1. The Morgan fingerprint density at radius 1 is 1.22 bits per heavy atom. The summed E-state index contributed by atoms with van der Waals surface area (Å²) in [6.07, 6.45) is 1.60. The van der Waals surface area contributed by atoms with Crippen molar-refractivity contribution in [2.45, 2.75) is 10.6 Å².